The highest BCUT2D eigenvalue weighted by atomic mass is 19.1. The van der Waals surface area contributed by atoms with Crippen molar-refractivity contribution >= 4 is 11.8 Å². The number of halogens is 1. The van der Waals surface area contributed by atoms with E-state index in [9.17, 15) is 9.18 Å². The number of nitrogens with zero attached hydrogens (tertiary/aromatic N) is 3. The average molecular weight is 416 g/mol. The van der Waals surface area contributed by atoms with E-state index in [1.165, 1.54) is 12.4 Å². The van der Waals surface area contributed by atoms with Crippen molar-refractivity contribution in [3.8, 4) is 22.5 Å². The Morgan fingerprint density at radius 2 is 1.84 bits per heavy atom. The zero-order chi connectivity index (χ0) is 22.0. The van der Waals surface area contributed by atoms with E-state index in [1.54, 1.807) is 24.4 Å². The Bertz CT molecular complexity index is 1250. The lowest BCUT2D eigenvalue weighted by Crippen LogP contribution is -2.15. The van der Waals surface area contributed by atoms with Gasteiger partial charge >= 0.3 is 0 Å². The monoisotopic (exact) mass is 416 g/mol. The smallest absolute Gasteiger partial charge is 0.241 e. The van der Waals surface area contributed by atoms with Gasteiger partial charge in [-0.05, 0) is 50.1 Å². The normalized spacial score (nSPS) is 10.8. The fraction of sp³-hybridized carbons (Fsp3) is 0.167. The van der Waals surface area contributed by atoms with E-state index < -0.39 is 5.82 Å². The first-order chi connectivity index (χ1) is 14.9. The summed E-state index contributed by atoms with van der Waals surface area (Å²) in [6, 6.07) is 12.4. The number of aromatic nitrogens is 3. The molecule has 2 aromatic carbocycles. The van der Waals surface area contributed by atoms with E-state index in [4.69, 9.17) is 4.52 Å². The van der Waals surface area contributed by atoms with E-state index in [0.29, 0.717) is 11.3 Å². The van der Waals surface area contributed by atoms with Crippen LogP contribution in [-0.2, 0) is 11.2 Å². The second-order valence-electron chi connectivity index (χ2n) is 7.47. The minimum atomic E-state index is -0.442. The lowest BCUT2D eigenvalue weighted by atomic mass is 10.0. The maximum atomic E-state index is 14.6. The summed E-state index contributed by atoms with van der Waals surface area (Å²) < 4.78 is 20.0. The molecule has 0 fully saturated rings. The van der Waals surface area contributed by atoms with Crippen LogP contribution in [0.25, 0.3) is 22.5 Å². The third-order valence-electron chi connectivity index (χ3n) is 5.02. The van der Waals surface area contributed by atoms with Gasteiger partial charge in [-0.15, -0.1) is 0 Å². The molecule has 0 unspecified atom stereocenters. The number of amides is 1. The molecule has 2 aromatic heterocycles. The Kier molecular flexibility index (Phi) is 5.58. The largest absolute Gasteiger partial charge is 0.337 e. The summed E-state index contributed by atoms with van der Waals surface area (Å²) in [5.41, 5.74) is 5.30. The Morgan fingerprint density at radius 3 is 2.61 bits per heavy atom. The highest BCUT2D eigenvalue weighted by molar-refractivity contribution is 5.97. The van der Waals surface area contributed by atoms with Gasteiger partial charge in [0, 0.05) is 11.8 Å². The maximum Gasteiger partial charge on any atom is 0.241 e. The number of nitrogens with one attached hydrogen (secondary N) is 1. The molecule has 0 atom stereocenters. The Balaban J connectivity index is 1.73. The molecule has 2 heterocycles. The zero-order valence-corrected chi connectivity index (χ0v) is 17.4. The highest BCUT2D eigenvalue weighted by Crippen LogP contribution is 2.38. The van der Waals surface area contributed by atoms with Gasteiger partial charge in [-0.25, -0.2) is 14.4 Å². The van der Waals surface area contributed by atoms with Gasteiger partial charge in [0.1, 0.15) is 17.8 Å². The minimum absolute atomic E-state index is 0.116. The molecule has 0 aliphatic carbocycles. The number of carbonyl (C=O) groups excluding carboxylic acids is 1. The number of carbonyl (C=O) groups is 1. The second-order valence-corrected chi connectivity index (χ2v) is 7.47. The molecule has 4 aromatic rings. The van der Waals surface area contributed by atoms with Crippen molar-refractivity contribution in [3.63, 3.8) is 0 Å². The summed E-state index contributed by atoms with van der Waals surface area (Å²) in [6.45, 7) is 5.80. The predicted molar refractivity (Wildman–Crippen MR) is 116 cm³/mol. The van der Waals surface area contributed by atoms with Crippen molar-refractivity contribution < 1.29 is 13.7 Å². The van der Waals surface area contributed by atoms with E-state index in [-0.39, 0.29) is 29.5 Å². The number of anilines is 1. The molecule has 0 bridgehead atoms. The number of hydrogen-bond donors (Lipinski definition) is 1. The summed E-state index contributed by atoms with van der Waals surface area (Å²) in [5, 5.41) is 6.84. The highest BCUT2D eigenvalue weighted by Gasteiger charge is 2.24. The van der Waals surface area contributed by atoms with Crippen molar-refractivity contribution in [3.05, 3.63) is 83.1 Å². The Hall–Kier alpha value is -3.87. The first kappa shape index (κ1) is 20.4. The van der Waals surface area contributed by atoms with Gasteiger partial charge in [0.15, 0.2) is 0 Å². The van der Waals surface area contributed by atoms with Gasteiger partial charge in [0.2, 0.25) is 11.8 Å². The number of benzene rings is 2. The van der Waals surface area contributed by atoms with E-state index in [1.807, 2.05) is 39.0 Å². The van der Waals surface area contributed by atoms with Gasteiger partial charge in [0.05, 0.1) is 17.7 Å². The molecule has 156 valence electrons. The van der Waals surface area contributed by atoms with Crippen LogP contribution in [0.2, 0.25) is 0 Å². The third kappa shape index (κ3) is 4.35. The lowest BCUT2D eigenvalue weighted by Gasteiger charge is -2.08. The summed E-state index contributed by atoms with van der Waals surface area (Å²) in [4.78, 5) is 21.0. The zero-order valence-electron chi connectivity index (χ0n) is 17.4. The second kappa shape index (κ2) is 8.47. The predicted octanol–water partition coefficient (Wildman–Crippen LogP) is 5.04. The molecule has 1 N–H and O–H groups in total. The van der Waals surface area contributed by atoms with Crippen molar-refractivity contribution in [2.75, 3.05) is 5.32 Å². The molecule has 0 radical (unpaired) electrons. The maximum absolute atomic E-state index is 14.6. The van der Waals surface area contributed by atoms with Gasteiger partial charge in [0.25, 0.3) is 0 Å². The van der Waals surface area contributed by atoms with Crippen LogP contribution in [0.4, 0.5) is 10.3 Å². The van der Waals surface area contributed by atoms with Crippen LogP contribution >= 0.6 is 0 Å². The fourth-order valence-corrected chi connectivity index (χ4v) is 3.39. The molecule has 0 saturated heterocycles. The lowest BCUT2D eigenvalue weighted by molar-refractivity contribution is -0.115. The van der Waals surface area contributed by atoms with Crippen molar-refractivity contribution in [2.24, 2.45) is 0 Å². The summed E-state index contributed by atoms with van der Waals surface area (Å²) >= 11 is 0. The van der Waals surface area contributed by atoms with E-state index in [0.717, 1.165) is 22.3 Å². The Labute approximate surface area is 179 Å². The SMILES string of the molecule is Cc1ccc(C)c(CC(=O)Nc2onc(-c3cc(C)ccc3F)c2-c2ccncn2)c1. The van der Waals surface area contributed by atoms with Crippen molar-refractivity contribution in [1.29, 1.82) is 0 Å². The minimum Gasteiger partial charge on any atom is -0.337 e. The van der Waals surface area contributed by atoms with Gasteiger partial charge in [-0.1, -0.05) is 40.5 Å². The van der Waals surface area contributed by atoms with Crippen LogP contribution in [0.3, 0.4) is 0 Å². The Morgan fingerprint density at radius 1 is 1.06 bits per heavy atom. The van der Waals surface area contributed by atoms with E-state index in [2.05, 4.69) is 20.4 Å². The quantitative estimate of drug-likeness (QED) is 0.493. The first-order valence-electron chi connectivity index (χ1n) is 9.81. The molecular formula is C24H21FN4O2. The molecule has 0 saturated carbocycles. The molecule has 7 heteroatoms. The molecule has 0 aliphatic rings. The van der Waals surface area contributed by atoms with Crippen LogP contribution in [0.1, 0.15) is 22.3 Å². The molecular weight excluding hydrogens is 395 g/mol. The van der Waals surface area contributed by atoms with Crippen LogP contribution in [0, 0.1) is 26.6 Å². The molecule has 4 rings (SSSR count). The topological polar surface area (TPSA) is 80.9 Å². The molecule has 31 heavy (non-hydrogen) atoms. The summed E-state index contributed by atoms with van der Waals surface area (Å²) in [6.07, 6.45) is 3.11. The van der Waals surface area contributed by atoms with Crippen LogP contribution in [0.15, 0.2) is 59.5 Å². The molecule has 1 amide bonds. The van der Waals surface area contributed by atoms with Crippen molar-refractivity contribution in [2.45, 2.75) is 27.2 Å². The summed E-state index contributed by atoms with van der Waals surface area (Å²) in [5.74, 6) is -0.594. The van der Waals surface area contributed by atoms with Gasteiger partial charge < -0.3 is 4.52 Å². The van der Waals surface area contributed by atoms with Crippen LogP contribution in [-0.4, -0.2) is 21.0 Å². The third-order valence-corrected chi connectivity index (χ3v) is 5.02. The molecule has 6 nitrogen and oxygen atoms in total. The number of aryl methyl sites for hydroxylation is 3. The van der Waals surface area contributed by atoms with E-state index >= 15 is 0 Å². The van der Waals surface area contributed by atoms with Crippen LogP contribution < -0.4 is 5.32 Å². The first-order valence-corrected chi connectivity index (χ1v) is 9.81. The molecule has 0 aliphatic heterocycles. The van der Waals surface area contributed by atoms with Crippen LogP contribution in [0.5, 0.6) is 0 Å². The number of hydrogen-bond acceptors (Lipinski definition) is 5. The average Bonchev–Trinajstić information content (AvgIpc) is 3.16. The number of rotatable bonds is 5. The van der Waals surface area contributed by atoms with Gasteiger partial charge in [-0.2, -0.15) is 0 Å². The standard InChI is InChI=1S/C24H21FN4O2/c1-14-4-6-16(3)17(10-14)12-21(30)28-24-22(20-8-9-26-13-27-20)23(29-31-24)18-11-15(2)5-7-19(18)25/h4-11,13H,12H2,1-3H3,(H,28,30). The summed E-state index contributed by atoms with van der Waals surface area (Å²) in [7, 11) is 0. The van der Waals surface area contributed by atoms with Crippen molar-refractivity contribution in [1.82, 2.24) is 15.1 Å². The molecule has 0 spiro atoms. The van der Waals surface area contributed by atoms with Gasteiger partial charge in [-0.3, -0.25) is 10.1 Å². The fourth-order valence-electron chi connectivity index (χ4n) is 3.39.